The molecule has 1 aromatic heterocycles. The van der Waals surface area contributed by atoms with Crippen molar-refractivity contribution in [3.63, 3.8) is 0 Å². The number of para-hydroxylation sites is 1. The van der Waals surface area contributed by atoms with Gasteiger partial charge in [0.1, 0.15) is 0 Å². The Morgan fingerprint density at radius 2 is 1.86 bits per heavy atom. The zero-order valence-electron chi connectivity index (χ0n) is 21.2. The van der Waals surface area contributed by atoms with Crippen LogP contribution in [0.2, 0.25) is 0 Å². The predicted molar refractivity (Wildman–Crippen MR) is 141 cm³/mol. The van der Waals surface area contributed by atoms with E-state index in [9.17, 15) is 9.59 Å². The second-order valence-electron chi connectivity index (χ2n) is 8.37. The number of methoxy groups -OCH3 is 2. The topological polar surface area (TPSA) is 82.4 Å². The Bertz CT molecular complexity index is 1500. The number of fused-ring (bicyclic) bond motifs is 1. The van der Waals surface area contributed by atoms with Crippen LogP contribution < -0.4 is 29.3 Å². The summed E-state index contributed by atoms with van der Waals surface area (Å²) in [5.41, 5.74) is 3.14. The first-order valence-electron chi connectivity index (χ1n) is 11.5. The van der Waals surface area contributed by atoms with E-state index in [0.29, 0.717) is 37.7 Å². The highest BCUT2D eigenvalue weighted by atomic mass is 32.1. The fraction of sp³-hybridized carbons (Fsp3) is 0.296. The number of ether oxygens (including phenoxy) is 3. The van der Waals surface area contributed by atoms with Crippen molar-refractivity contribution in [1.82, 2.24) is 4.57 Å². The summed E-state index contributed by atoms with van der Waals surface area (Å²) in [6.45, 7) is 3.75. The lowest BCUT2D eigenvalue weighted by molar-refractivity contribution is -0.139. The van der Waals surface area contributed by atoms with Gasteiger partial charge in [-0.05, 0) is 43.7 Å². The molecule has 0 saturated carbocycles. The van der Waals surface area contributed by atoms with Crippen LogP contribution in [-0.4, -0.2) is 45.5 Å². The minimum atomic E-state index is -0.661. The van der Waals surface area contributed by atoms with Crippen LogP contribution in [0, 0.1) is 0 Å². The third-order valence-corrected chi connectivity index (χ3v) is 6.95. The fourth-order valence-electron chi connectivity index (χ4n) is 4.23. The summed E-state index contributed by atoms with van der Waals surface area (Å²) in [5, 5.41) is 0. The fourth-order valence-corrected chi connectivity index (χ4v) is 5.27. The van der Waals surface area contributed by atoms with Crippen molar-refractivity contribution in [3.05, 3.63) is 84.5 Å². The summed E-state index contributed by atoms with van der Waals surface area (Å²) in [4.78, 5) is 34.0. The molecule has 0 fully saturated rings. The molecule has 0 amide bonds. The van der Waals surface area contributed by atoms with Crippen LogP contribution in [0.3, 0.4) is 0 Å². The highest BCUT2D eigenvalue weighted by molar-refractivity contribution is 7.07. The van der Waals surface area contributed by atoms with Gasteiger partial charge in [0.05, 0.1) is 42.7 Å². The quantitative estimate of drug-likeness (QED) is 0.458. The van der Waals surface area contributed by atoms with Crippen molar-refractivity contribution >= 4 is 29.1 Å². The summed E-state index contributed by atoms with van der Waals surface area (Å²) in [7, 11) is 7.04. The maximum Gasteiger partial charge on any atom is 0.338 e. The molecule has 8 nitrogen and oxygen atoms in total. The number of hydrogen-bond donors (Lipinski definition) is 0. The molecule has 1 atom stereocenters. The van der Waals surface area contributed by atoms with E-state index in [0.717, 1.165) is 11.3 Å². The van der Waals surface area contributed by atoms with Gasteiger partial charge in [-0.3, -0.25) is 9.36 Å². The standard InChI is InChI=1S/C27H29N3O5S/c1-7-35-26(32)22-16(2)28-27-30(23(22)17-11-13-19(14-12-17)29(3)4)25(31)21(36-27)15-18-9-8-10-20(33-5)24(18)34-6/h8-15,23H,7H2,1-6H3/b21-15+/t23-/m0/s1. The first kappa shape index (κ1) is 25.2. The molecular weight excluding hydrogens is 478 g/mol. The number of benzene rings is 2. The molecule has 36 heavy (non-hydrogen) atoms. The number of aromatic nitrogens is 1. The second-order valence-corrected chi connectivity index (χ2v) is 9.38. The van der Waals surface area contributed by atoms with E-state index in [1.165, 1.54) is 11.3 Å². The van der Waals surface area contributed by atoms with E-state index in [-0.39, 0.29) is 12.2 Å². The van der Waals surface area contributed by atoms with Gasteiger partial charge in [0.15, 0.2) is 16.3 Å². The molecule has 0 saturated heterocycles. The van der Waals surface area contributed by atoms with Crippen molar-refractivity contribution in [3.8, 4) is 11.5 Å². The summed E-state index contributed by atoms with van der Waals surface area (Å²) < 4.78 is 18.3. The van der Waals surface area contributed by atoms with Crippen LogP contribution in [0.1, 0.15) is 31.0 Å². The Morgan fingerprint density at radius 1 is 1.14 bits per heavy atom. The van der Waals surface area contributed by atoms with Crippen LogP contribution in [0.25, 0.3) is 6.08 Å². The van der Waals surface area contributed by atoms with E-state index < -0.39 is 12.0 Å². The Labute approximate surface area is 213 Å². The zero-order chi connectivity index (χ0) is 26.0. The molecule has 0 unspecified atom stereocenters. The molecular formula is C27H29N3O5S. The molecule has 0 radical (unpaired) electrons. The number of thiazole rings is 1. The van der Waals surface area contributed by atoms with Crippen molar-refractivity contribution in [2.75, 3.05) is 39.8 Å². The van der Waals surface area contributed by atoms with Gasteiger partial charge in [-0.15, -0.1) is 0 Å². The Morgan fingerprint density at radius 3 is 2.47 bits per heavy atom. The van der Waals surface area contributed by atoms with Gasteiger partial charge in [0.2, 0.25) is 0 Å². The minimum Gasteiger partial charge on any atom is -0.493 e. The van der Waals surface area contributed by atoms with Gasteiger partial charge < -0.3 is 19.1 Å². The average molecular weight is 508 g/mol. The maximum absolute atomic E-state index is 13.8. The third kappa shape index (κ3) is 4.54. The lowest BCUT2D eigenvalue weighted by Crippen LogP contribution is -2.40. The summed E-state index contributed by atoms with van der Waals surface area (Å²) in [6, 6.07) is 12.6. The monoisotopic (exact) mass is 507 g/mol. The number of rotatable bonds is 7. The highest BCUT2D eigenvalue weighted by Gasteiger charge is 2.33. The first-order chi connectivity index (χ1) is 17.3. The molecule has 188 valence electrons. The van der Waals surface area contributed by atoms with Crippen molar-refractivity contribution in [2.45, 2.75) is 19.9 Å². The van der Waals surface area contributed by atoms with Gasteiger partial charge in [-0.2, -0.15) is 0 Å². The normalized spacial score (nSPS) is 15.3. The molecule has 0 spiro atoms. The largest absolute Gasteiger partial charge is 0.493 e. The smallest absolute Gasteiger partial charge is 0.338 e. The van der Waals surface area contributed by atoms with Crippen molar-refractivity contribution in [1.29, 1.82) is 0 Å². The molecule has 2 heterocycles. The molecule has 0 bridgehead atoms. The average Bonchev–Trinajstić information content (AvgIpc) is 3.17. The minimum absolute atomic E-state index is 0.224. The number of esters is 1. The maximum atomic E-state index is 13.8. The lowest BCUT2D eigenvalue weighted by Gasteiger charge is -2.25. The predicted octanol–water partition coefficient (Wildman–Crippen LogP) is 2.88. The molecule has 0 N–H and O–H groups in total. The highest BCUT2D eigenvalue weighted by Crippen LogP contribution is 2.33. The number of nitrogens with zero attached hydrogens (tertiary/aromatic N) is 3. The van der Waals surface area contributed by atoms with Crippen LogP contribution in [-0.2, 0) is 9.53 Å². The number of carbonyl (C=O) groups is 1. The SMILES string of the molecule is CCOC(=O)C1=C(C)N=c2s/c(=C/c3cccc(OC)c3OC)c(=O)n2[C@H]1c1ccc(N(C)C)cc1. The van der Waals surface area contributed by atoms with Gasteiger partial charge >= 0.3 is 5.97 Å². The van der Waals surface area contributed by atoms with Crippen LogP contribution >= 0.6 is 11.3 Å². The first-order valence-corrected chi connectivity index (χ1v) is 12.3. The second kappa shape index (κ2) is 10.4. The number of anilines is 1. The molecule has 3 aromatic rings. The summed E-state index contributed by atoms with van der Waals surface area (Å²) in [6.07, 6.45) is 1.76. The van der Waals surface area contributed by atoms with Gasteiger partial charge in [-0.1, -0.05) is 35.6 Å². The van der Waals surface area contributed by atoms with E-state index in [4.69, 9.17) is 14.2 Å². The van der Waals surface area contributed by atoms with Crippen molar-refractivity contribution < 1.29 is 19.0 Å². The van der Waals surface area contributed by atoms with E-state index in [1.807, 2.05) is 55.4 Å². The number of carbonyl (C=O) groups excluding carboxylic acids is 1. The van der Waals surface area contributed by atoms with Gasteiger partial charge in [-0.25, -0.2) is 9.79 Å². The van der Waals surface area contributed by atoms with E-state index in [1.54, 1.807) is 44.8 Å². The van der Waals surface area contributed by atoms with Crippen LogP contribution in [0.5, 0.6) is 11.5 Å². The van der Waals surface area contributed by atoms with E-state index in [2.05, 4.69) is 4.99 Å². The Balaban J connectivity index is 1.95. The van der Waals surface area contributed by atoms with Crippen molar-refractivity contribution in [2.24, 2.45) is 4.99 Å². The van der Waals surface area contributed by atoms with Gasteiger partial charge in [0.25, 0.3) is 5.56 Å². The molecule has 9 heteroatoms. The summed E-state index contributed by atoms with van der Waals surface area (Å²) in [5.74, 6) is 0.618. The Kier molecular flexibility index (Phi) is 7.30. The number of allylic oxidation sites excluding steroid dienone is 1. The number of hydrogen-bond acceptors (Lipinski definition) is 8. The van der Waals surface area contributed by atoms with E-state index >= 15 is 0 Å². The summed E-state index contributed by atoms with van der Waals surface area (Å²) >= 11 is 1.26. The molecule has 0 aliphatic carbocycles. The molecule has 2 aromatic carbocycles. The molecule has 1 aliphatic heterocycles. The van der Waals surface area contributed by atoms with Crippen LogP contribution in [0.4, 0.5) is 5.69 Å². The zero-order valence-corrected chi connectivity index (χ0v) is 22.0. The molecule has 4 rings (SSSR count). The third-order valence-electron chi connectivity index (χ3n) is 5.96. The van der Waals surface area contributed by atoms with Gasteiger partial charge in [0, 0.05) is 25.3 Å². The molecule has 1 aliphatic rings. The Hall–Kier alpha value is -3.85. The van der Waals surface area contributed by atoms with Crippen LogP contribution in [0.15, 0.2) is 63.5 Å². The lowest BCUT2D eigenvalue weighted by atomic mass is 9.95.